The highest BCUT2D eigenvalue weighted by atomic mass is 127. The Hall–Kier alpha value is -0.213. The van der Waals surface area contributed by atoms with Gasteiger partial charge in [0.05, 0.1) is 0 Å². The minimum absolute atomic E-state index is 0.242. The van der Waals surface area contributed by atoms with Crippen LogP contribution in [0.5, 0.6) is 0 Å². The molecule has 1 aliphatic heterocycles. The molecule has 6 heteroatoms. The molecule has 1 atom stereocenters. The van der Waals surface area contributed by atoms with Crippen molar-refractivity contribution in [2.24, 2.45) is 5.92 Å². The van der Waals surface area contributed by atoms with Crippen molar-refractivity contribution in [2.45, 2.75) is 45.3 Å². The van der Waals surface area contributed by atoms with Gasteiger partial charge in [0.15, 0.2) is 8.32 Å². The summed E-state index contributed by atoms with van der Waals surface area (Å²) >= 11 is 2.13. The molecule has 2 heterocycles. The Kier molecular flexibility index (Phi) is 5.54. The van der Waals surface area contributed by atoms with Crippen molar-refractivity contribution in [1.82, 2.24) is 4.98 Å². The van der Waals surface area contributed by atoms with Crippen LogP contribution in [-0.2, 0) is 4.43 Å². The van der Waals surface area contributed by atoms with Crippen LogP contribution in [0.4, 0.5) is 10.2 Å². The molecule has 2 rings (SSSR count). The molecule has 1 saturated heterocycles. The molecule has 1 fully saturated rings. The lowest BCUT2D eigenvalue weighted by Crippen LogP contribution is -2.42. The number of hydrogen-bond acceptors (Lipinski definition) is 3. The van der Waals surface area contributed by atoms with Gasteiger partial charge in [-0.2, -0.15) is 4.39 Å². The zero-order valence-corrected chi connectivity index (χ0v) is 17.3. The lowest BCUT2D eigenvalue weighted by Gasteiger charge is -2.37. The summed E-state index contributed by atoms with van der Waals surface area (Å²) in [4.78, 5) is 6.19. The first-order chi connectivity index (χ1) is 10.1. The van der Waals surface area contributed by atoms with Gasteiger partial charge in [0.2, 0.25) is 5.95 Å². The topological polar surface area (TPSA) is 25.4 Å². The maximum Gasteiger partial charge on any atom is 0.215 e. The molecular formula is C16H26FIN2OSi. The van der Waals surface area contributed by atoms with Gasteiger partial charge in [0, 0.05) is 35.3 Å². The van der Waals surface area contributed by atoms with E-state index in [1.54, 1.807) is 0 Å². The predicted molar refractivity (Wildman–Crippen MR) is 100 cm³/mol. The van der Waals surface area contributed by atoms with E-state index in [2.05, 4.69) is 66.3 Å². The monoisotopic (exact) mass is 436 g/mol. The molecule has 1 aromatic rings. The van der Waals surface area contributed by atoms with Gasteiger partial charge in [-0.05, 0) is 53.2 Å². The maximum atomic E-state index is 13.5. The Bertz CT molecular complexity index is 513. The third-order valence-corrected chi connectivity index (χ3v) is 9.96. The van der Waals surface area contributed by atoms with Crippen molar-refractivity contribution < 1.29 is 8.82 Å². The summed E-state index contributed by atoms with van der Waals surface area (Å²) in [5.41, 5.74) is 0. The molecule has 0 bridgehead atoms. The minimum Gasteiger partial charge on any atom is -0.416 e. The summed E-state index contributed by atoms with van der Waals surface area (Å²) < 4.78 is 20.7. The van der Waals surface area contributed by atoms with Gasteiger partial charge >= 0.3 is 0 Å². The third-order valence-electron chi connectivity index (χ3n) is 4.84. The molecule has 0 spiro atoms. The molecule has 0 aromatic carbocycles. The fourth-order valence-corrected chi connectivity index (χ4v) is 3.96. The van der Waals surface area contributed by atoms with Gasteiger partial charge in [-0.15, -0.1) is 0 Å². The molecule has 0 saturated carbocycles. The van der Waals surface area contributed by atoms with E-state index in [0.29, 0.717) is 5.92 Å². The molecule has 0 unspecified atom stereocenters. The Morgan fingerprint density at radius 2 is 2.09 bits per heavy atom. The predicted octanol–water partition coefficient (Wildman–Crippen LogP) is 4.67. The highest BCUT2D eigenvalue weighted by Crippen LogP contribution is 2.37. The van der Waals surface area contributed by atoms with E-state index < -0.39 is 14.3 Å². The molecule has 3 nitrogen and oxygen atoms in total. The molecular weight excluding hydrogens is 410 g/mol. The zero-order chi connectivity index (χ0) is 16.5. The molecule has 0 radical (unpaired) electrons. The first kappa shape index (κ1) is 18.1. The van der Waals surface area contributed by atoms with Crippen molar-refractivity contribution >= 4 is 36.7 Å². The zero-order valence-electron chi connectivity index (χ0n) is 14.1. The lowest BCUT2D eigenvalue weighted by molar-refractivity contribution is 0.238. The largest absolute Gasteiger partial charge is 0.416 e. The number of rotatable bonds is 4. The molecule has 22 heavy (non-hydrogen) atoms. The highest BCUT2D eigenvalue weighted by molar-refractivity contribution is 14.1. The number of nitrogens with zero attached hydrogens (tertiary/aromatic N) is 2. The highest BCUT2D eigenvalue weighted by Gasteiger charge is 2.38. The van der Waals surface area contributed by atoms with Crippen LogP contribution in [0.1, 0.15) is 27.2 Å². The molecule has 0 amide bonds. The second kappa shape index (κ2) is 6.73. The van der Waals surface area contributed by atoms with Gasteiger partial charge < -0.3 is 9.33 Å². The van der Waals surface area contributed by atoms with E-state index in [1.807, 2.05) is 6.07 Å². The summed E-state index contributed by atoms with van der Waals surface area (Å²) in [6, 6.07) is 3.40. The van der Waals surface area contributed by atoms with E-state index >= 15 is 0 Å². The smallest absolute Gasteiger partial charge is 0.215 e. The van der Waals surface area contributed by atoms with Crippen LogP contribution in [0.15, 0.2) is 12.1 Å². The fourth-order valence-electron chi connectivity index (χ4n) is 2.33. The SMILES string of the molecule is CC(C)(C)[Si](C)(C)OC[C@@H]1CCN(c2cc(I)cc(F)n2)C1. The van der Waals surface area contributed by atoms with Gasteiger partial charge in [0.25, 0.3) is 0 Å². The number of pyridine rings is 1. The van der Waals surface area contributed by atoms with Gasteiger partial charge in [-0.25, -0.2) is 4.98 Å². The summed E-state index contributed by atoms with van der Waals surface area (Å²) in [5.74, 6) is 0.860. The summed E-state index contributed by atoms with van der Waals surface area (Å²) in [7, 11) is -1.69. The average molecular weight is 436 g/mol. The van der Waals surface area contributed by atoms with Crippen LogP contribution in [0.3, 0.4) is 0 Å². The van der Waals surface area contributed by atoms with E-state index in [0.717, 1.165) is 35.5 Å². The number of aromatic nitrogens is 1. The number of hydrogen-bond donors (Lipinski definition) is 0. The Balaban J connectivity index is 1.93. The molecule has 124 valence electrons. The minimum atomic E-state index is -1.69. The van der Waals surface area contributed by atoms with Crippen molar-refractivity contribution in [1.29, 1.82) is 0 Å². The summed E-state index contributed by atoms with van der Waals surface area (Å²) in [6.07, 6.45) is 1.09. The van der Waals surface area contributed by atoms with E-state index in [1.165, 1.54) is 6.07 Å². The van der Waals surface area contributed by atoms with Crippen LogP contribution in [-0.4, -0.2) is 33.0 Å². The lowest BCUT2D eigenvalue weighted by atomic mass is 10.1. The number of anilines is 1. The van der Waals surface area contributed by atoms with Crippen LogP contribution in [0, 0.1) is 15.4 Å². The van der Waals surface area contributed by atoms with Crippen molar-refractivity contribution in [3.05, 3.63) is 21.7 Å². The molecule has 0 N–H and O–H groups in total. The summed E-state index contributed by atoms with van der Waals surface area (Å²) in [6.45, 7) is 14.0. The Morgan fingerprint density at radius 1 is 1.41 bits per heavy atom. The van der Waals surface area contributed by atoms with Crippen LogP contribution in [0.2, 0.25) is 18.1 Å². The van der Waals surface area contributed by atoms with Crippen LogP contribution >= 0.6 is 22.6 Å². The second-order valence-electron chi connectivity index (χ2n) is 7.64. The van der Waals surface area contributed by atoms with E-state index in [9.17, 15) is 4.39 Å². The van der Waals surface area contributed by atoms with Crippen molar-refractivity contribution in [3.63, 3.8) is 0 Å². The average Bonchev–Trinajstić information content (AvgIpc) is 2.82. The Labute approximate surface area is 147 Å². The second-order valence-corrected chi connectivity index (χ2v) is 13.7. The standard InChI is InChI=1S/C16H26FIN2OSi/c1-16(2,3)22(4,5)21-11-12-6-7-20(10-12)15-9-13(18)8-14(17)19-15/h8-9,12H,6-7,10-11H2,1-5H3/t12-/m1/s1. The van der Waals surface area contributed by atoms with Gasteiger partial charge in [-0.3, -0.25) is 0 Å². The molecule has 0 aliphatic carbocycles. The molecule has 1 aromatic heterocycles. The fraction of sp³-hybridized carbons (Fsp3) is 0.688. The first-order valence-electron chi connectivity index (χ1n) is 7.80. The van der Waals surface area contributed by atoms with E-state index in [4.69, 9.17) is 4.43 Å². The first-order valence-corrected chi connectivity index (χ1v) is 11.8. The number of halogens is 2. The Morgan fingerprint density at radius 3 is 2.68 bits per heavy atom. The van der Waals surface area contributed by atoms with E-state index in [-0.39, 0.29) is 5.04 Å². The third kappa shape index (κ3) is 4.41. The van der Waals surface area contributed by atoms with Crippen LogP contribution < -0.4 is 4.90 Å². The van der Waals surface area contributed by atoms with Gasteiger partial charge in [-0.1, -0.05) is 20.8 Å². The van der Waals surface area contributed by atoms with Crippen molar-refractivity contribution in [3.8, 4) is 0 Å². The molecule has 1 aliphatic rings. The summed E-state index contributed by atoms with van der Waals surface area (Å²) in [5, 5.41) is 0.242. The normalized spacial score (nSPS) is 19.8. The van der Waals surface area contributed by atoms with Crippen molar-refractivity contribution in [2.75, 3.05) is 24.6 Å². The maximum absolute atomic E-state index is 13.5. The quantitative estimate of drug-likeness (QED) is 0.390. The van der Waals surface area contributed by atoms with Crippen LogP contribution in [0.25, 0.3) is 0 Å². The van der Waals surface area contributed by atoms with Gasteiger partial charge in [0.1, 0.15) is 5.82 Å².